The molecule has 1 atom stereocenters. The molecule has 3 heteroatoms. The van der Waals surface area contributed by atoms with Gasteiger partial charge in [0.1, 0.15) is 11.5 Å². The normalized spacial score (nSPS) is 11.7. The van der Waals surface area contributed by atoms with Gasteiger partial charge in [-0.1, -0.05) is 36.9 Å². The SMILES string of the molecule is C=Cc1ccc(OC(C)Oc2ccccc2)c(I)c1. The van der Waals surface area contributed by atoms with Gasteiger partial charge in [-0.05, 0) is 52.4 Å². The fraction of sp³-hybridized carbons (Fsp3) is 0.125. The van der Waals surface area contributed by atoms with Gasteiger partial charge in [0.25, 0.3) is 0 Å². The van der Waals surface area contributed by atoms with Gasteiger partial charge in [-0.15, -0.1) is 0 Å². The summed E-state index contributed by atoms with van der Waals surface area (Å²) >= 11 is 2.25. The molecule has 2 aromatic carbocycles. The van der Waals surface area contributed by atoms with Crippen molar-refractivity contribution in [1.82, 2.24) is 0 Å². The Morgan fingerprint density at radius 3 is 2.47 bits per heavy atom. The van der Waals surface area contributed by atoms with Gasteiger partial charge in [0, 0.05) is 6.92 Å². The lowest BCUT2D eigenvalue weighted by atomic mass is 10.2. The second-order valence-electron chi connectivity index (χ2n) is 4.01. The third-order valence-electron chi connectivity index (χ3n) is 2.53. The number of hydrogen-bond donors (Lipinski definition) is 0. The zero-order valence-corrected chi connectivity index (χ0v) is 12.8. The van der Waals surface area contributed by atoms with Crippen LogP contribution in [0.15, 0.2) is 55.1 Å². The van der Waals surface area contributed by atoms with Crippen molar-refractivity contribution in [3.05, 3.63) is 64.2 Å². The van der Waals surface area contributed by atoms with Gasteiger partial charge in [0.05, 0.1) is 3.57 Å². The lowest BCUT2D eigenvalue weighted by Gasteiger charge is -2.17. The quantitative estimate of drug-likeness (QED) is 0.562. The summed E-state index contributed by atoms with van der Waals surface area (Å²) in [5, 5.41) is 0. The molecule has 0 amide bonds. The summed E-state index contributed by atoms with van der Waals surface area (Å²) in [6.07, 6.45) is 1.47. The van der Waals surface area contributed by atoms with E-state index >= 15 is 0 Å². The summed E-state index contributed by atoms with van der Waals surface area (Å²) in [6, 6.07) is 15.6. The van der Waals surface area contributed by atoms with Crippen LogP contribution in [-0.4, -0.2) is 6.29 Å². The topological polar surface area (TPSA) is 18.5 Å². The Labute approximate surface area is 127 Å². The van der Waals surface area contributed by atoms with E-state index in [0.29, 0.717) is 0 Å². The van der Waals surface area contributed by atoms with Crippen LogP contribution in [0.4, 0.5) is 0 Å². The van der Waals surface area contributed by atoms with Crippen molar-refractivity contribution < 1.29 is 9.47 Å². The maximum absolute atomic E-state index is 5.78. The van der Waals surface area contributed by atoms with Gasteiger partial charge in [0.15, 0.2) is 0 Å². The van der Waals surface area contributed by atoms with Crippen LogP contribution in [0.2, 0.25) is 0 Å². The number of halogens is 1. The van der Waals surface area contributed by atoms with Gasteiger partial charge in [-0.25, -0.2) is 0 Å². The number of ether oxygens (including phenoxy) is 2. The summed E-state index contributed by atoms with van der Waals surface area (Å²) in [4.78, 5) is 0. The number of rotatable bonds is 5. The maximum atomic E-state index is 5.78. The van der Waals surface area contributed by atoms with E-state index in [4.69, 9.17) is 9.47 Å². The van der Waals surface area contributed by atoms with Crippen LogP contribution in [0, 0.1) is 3.57 Å². The van der Waals surface area contributed by atoms with E-state index in [1.165, 1.54) is 0 Å². The Morgan fingerprint density at radius 1 is 1.11 bits per heavy atom. The van der Waals surface area contributed by atoms with Crippen LogP contribution in [-0.2, 0) is 0 Å². The van der Waals surface area contributed by atoms with Gasteiger partial charge < -0.3 is 9.47 Å². The summed E-state index contributed by atoms with van der Waals surface area (Å²) in [5.41, 5.74) is 1.08. The first-order chi connectivity index (χ1) is 9.19. The Hall–Kier alpha value is -1.49. The highest BCUT2D eigenvalue weighted by atomic mass is 127. The van der Waals surface area contributed by atoms with Gasteiger partial charge in [-0.2, -0.15) is 0 Å². The predicted molar refractivity (Wildman–Crippen MR) is 86.4 cm³/mol. The molecule has 0 heterocycles. The molecule has 0 aliphatic heterocycles. The molecule has 0 radical (unpaired) electrons. The van der Waals surface area contributed by atoms with Crippen molar-refractivity contribution in [2.24, 2.45) is 0 Å². The molecular formula is C16H15IO2. The highest BCUT2D eigenvalue weighted by Gasteiger charge is 2.08. The van der Waals surface area contributed by atoms with Crippen LogP contribution in [0.3, 0.4) is 0 Å². The van der Waals surface area contributed by atoms with E-state index in [1.807, 2.05) is 61.5 Å². The van der Waals surface area contributed by atoms with E-state index in [2.05, 4.69) is 29.2 Å². The Morgan fingerprint density at radius 2 is 1.84 bits per heavy atom. The molecule has 0 saturated carbocycles. The number of benzene rings is 2. The standard InChI is InChI=1S/C16H15IO2/c1-3-13-9-10-16(15(17)11-13)19-12(2)18-14-7-5-4-6-8-14/h3-12H,1H2,2H3. The zero-order valence-electron chi connectivity index (χ0n) is 10.7. The second-order valence-corrected chi connectivity index (χ2v) is 5.17. The first-order valence-corrected chi connectivity index (χ1v) is 7.07. The Kier molecular flexibility index (Phi) is 4.85. The minimum atomic E-state index is -0.342. The molecule has 0 saturated heterocycles. The minimum absolute atomic E-state index is 0.342. The Balaban J connectivity index is 2.03. The molecule has 1 unspecified atom stereocenters. The van der Waals surface area contributed by atoms with Crippen LogP contribution in [0.5, 0.6) is 11.5 Å². The van der Waals surface area contributed by atoms with Crippen molar-refractivity contribution in [2.75, 3.05) is 0 Å². The smallest absolute Gasteiger partial charge is 0.238 e. The molecular weight excluding hydrogens is 351 g/mol. The molecule has 0 aliphatic rings. The van der Waals surface area contributed by atoms with Crippen LogP contribution in [0.25, 0.3) is 6.08 Å². The summed E-state index contributed by atoms with van der Waals surface area (Å²) in [5.74, 6) is 1.61. The van der Waals surface area contributed by atoms with Gasteiger partial charge in [-0.3, -0.25) is 0 Å². The fourth-order valence-corrected chi connectivity index (χ4v) is 2.30. The molecule has 0 fully saturated rings. The molecule has 0 aromatic heterocycles. The van der Waals surface area contributed by atoms with Gasteiger partial charge in [0.2, 0.25) is 6.29 Å². The molecule has 19 heavy (non-hydrogen) atoms. The predicted octanol–water partition coefficient (Wildman–Crippen LogP) is 4.74. The molecule has 2 nitrogen and oxygen atoms in total. The molecule has 2 aromatic rings. The van der Waals surface area contributed by atoms with E-state index < -0.39 is 0 Å². The summed E-state index contributed by atoms with van der Waals surface area (Å²) in [7, 11) is 0. The van der Waals surface area contributed by atoms with Crippen LogP contribution < -0.4 is 9.47 Å². The largest absolute Gasteiger partial charge is 0.455 e. The average molecular weight is 366 g/mol. The fourth-order valence-electron chi connectivity index (χ4n) is 1.63. The van der Waals surface area contributed by atoms with E-state index in [0.717, 1.165) is 20.6 Å². The molecule has 98 valence electrons. The Bertz CT molecular complexity index is 552. The number of para-hydroxylation sites is 1. The van der Waals surface area contributed by atoms with Crippen LogP contribution in [0.1, 0.15) is 12.5 Å². The highest BCUT2D eigenvalue weighted by molar-refractivity contribution is 14.1. The first kappa shape index (κ1) is 13.9. The third-order valence-corrected chi connectivity index (χ3v) is 3.37. The van der Waals surface area contributed by atoms with Crippen molar-refractivity contribution in [2.45, 2.75) is 13.2 Å². The molecule has 0 N–H and O–H groups in total. The molecule has 0 aliphatic carbocycles. The summed E-state index contributed by atoms with van der Waals surface area (Å²) < 4.78 is 12.5. The summed E-state index contributed by atoms with van der Waals surface area (Å²) in [6.45, 7) is 5.63. The second kappa shape index (κ2) is 6.61. The molecule has 0 bridgehead atoms. The third kappa shape index (κ3) is 3.99. The van der Waals surface area contributed by atoms with E-state index in [1.54, 1.807) is 0 Å². The average Bonchev–Trinajstić information content (AvgIpc) is 2.42. The molecule has 0 spiro atoms. The number of hydrogen-bond acceptors (Lipinski definition) is 2. The van der Waals surface area contributed by atoms with Gasteiger partial charge >= 0.3 is 0 Å². The van der Waals surface area contributed by atoms with E-state index in [-0.39, 0.29) is 6.29 Å². The van der Waals surface area contributed by atoms with E-state index in [9.17, 15) is 0 Å². The van der Waals surface area contributed by atoms with Crippen molar-refractivity contribution in [3.8, 4) is 11.5 Å². The lowest BCUT2D eigenvalue weighted by Crippen LogP contribution is -2.20. The zero-order chi connectivity index (χ0) is 13.7. The van der Waals surface area contributed by atoms with Crippen molar-refractivity contribution in [1.29, 1.82) is 0 Å². The first-order valence-electron chi connectivity index (χ1n) is 5.99. The molecule has 2 rings (SSSR count). The lowest BCUT2D eigenvalue weighted by molar-refractivity contribution is 0.0216. The minimum Gasteiger partial charge on any atom is -0.455 e. The van der Waals surface area contributed by atoms with Crippen molar-refractivity contribution in [3.63, 3.8) is 0 Å². The maximum Gasteiger partial charge on any atom is 0.238 e. The highest BCUT2D eigenvalue weighted by Crippen LogP contribution is 2.24. The van der Waals surface area contributed by atoms with Crippen molar-refractivity contribution >= 4 is 28.7 Å². The van der Waals surface area contributed by atoms with Crippen LogP contribution >= 0.6 is 22.6 Å². The monoisotopic (exact) mass is 366 g/mol.